The number of rotatable bonds is 15. The zero-order chi connectivity index (χ0) is 33.9. The number of hydrogen-bond acceptors (Lipinski definition) is 6. The van der Waals surface area contributed by atoms with Crippen LogP contribution in [0, 0.1) is 5.92 Å². The van der Waals surface area contributed by atoms with Gasteiger partial charge in [-0.2, -0.15) is 0 Å². The molecule has 0 amide bonds. The fourth-order valence-corrected chi connectivity index (χ4v) is 15.9. The smallest absolute Gasteiger partial charge is 0.261 e. The highest BCUT2D eigenvalue weighted by Gasteiger charge is 2.62. The van der Waals surface area contributed by atoms with E-state index in [1.54, 1.807) is 0 Å². The largest absolute Gasteiger partial charge is 0.407 e. The molecule has 3 saturated heterocycles. The zero-order valence-electron chi connectivity index (χ0n) is 30.3. The van der Waals surface area contributed by atoms with Crippen molar-refractivity contribution in [1.29, 1.82) is 0 Å². The molecule has 0 aromatic heterocycles. The van der Waals surface area contributed by atoms with Crippen molar-refractivity contribution >= 4 is 33.3 Å². The maximum atomic E-state index is 12.1. The van der Waals surface area contributed by atoms with E-state index in [9.17, 15) is 4.79 Å². The number of hydrogen-bond donors (Lipinski definition) is 0. The van der Waals surface area contributed by atoms with E-state index in [2.05, 4.69) is 116 Å². The molecule has 8 heteroatoms. The first-order valence-corrected chi connectivity index (χ1v) is 22.7. The van der Waals surface area contributed by atoms with Crippen LogP contribution in [0.5, 0.6) is 0 Å². The van der Waals surface area contributed by atoms with Gasteiger partial charge in [-0.3, -0.25) is 0 Å². The fourth-order valence-electron chi connectivity index (χ4n) is 8.46. The van der Waals surface area contributed by atoms with Gasteiger partial charge in [0.25, 0.3) is 8.32 Å². The van der Waals surface area contributed by atoms with E-state index in [4.69, 9.17) is 23.1 Å². The molecule has 0 radical (unpaired) electrons. The Bertz CT molecular complexity index is 1250. The lowest BCUT2D eigenvalue weighted by molar-refractivity contribution is -0.280. The first-order chi connectivity index (χ1) is 22.4. The van der Waals surface area contributed by atoms with Gasteiger partial charge in [0.05, 0.1) is 17.8 Å². The van der Waals surface area contributed by atoms with Gasteiger partial charge < -0.3 is 27.9 Å². The third-order valence-corrected chi connectivity index (χ3v) is 21.2. The lowest BCUT2D eigenvalue weighted by Crippen LogP contribution is -2.67. The summed E-state index contributed by atoms with van der Waals surface area (Å²) in [5.74, 6) is -0.356. The van der Waals surface area contributed by atoms with Crippen LogP contribution in [-0.2, 0) is 27.9 Å². The first kappa shape index (κ1) is 36.6. The van der Waals surface area contributed by atoms with Gasteiger partial charge in [0.15, 0.2) is 14.1 Å². The predicted octanol–water partition coefficient (Wildman–Crippen LogP) is 7.78. The van der Waals surface area contributed by atoms with E-state index in [0.717, 1.165) is 56.5 Å². The van der Waals surface area contributed by atoms with Crippen molar-refractivity contribution in [1.82, 2.24) is 0 Å². The van der Waals surface area contributed by atoms with Crippen LogP contribution in [0.3, 0.4) is 0 Å². The average Bonchev–Trinajstić information content (AvgIpc) is 3.59. The Balaban J connectivity index is 1.23. The van der Waals surface area contributed by atoms with Crippen LogP contribution in [0.1, 0.15) is 93.9 Å². The molecule has 2 aromatic carbocycles. The highest BCUT2D eigenvalue weighted by atomic mass is 28.4. The van der Waals surface area contributed by atoms with Crippen LogP contribution in [0.4, 0.5) is 0 Å². The summed E-state index contributed by atoms with van der Waals surface area (Å²) in [7, 11) is -4.52. The molecule has 6 nitrogen and oxygen atoms in total. The maximum Gasteiger partial charge on any atom is 0.261 e. The molecule has 3 heterocycles. The molecule has 5 rings (SSSR count). The molecule has 0 aliphatic carbocycles. The second-order valence-electron chi connectivity index (χ2n) is 15.7. The SMILES string of the molecule is CC[Si](CC)(CC)OC(C=O)C[C@]1(C)O[C@H]1[C@@H]1CC[C@]2(CCC[C@@H]([C@@H](C)CO[Si](c3ccccc3)(c3ccccc3)C(C)(C)C)O2)O1. The average molecular weight is 681 g/mol. The van der Waals surface area contributed by atoms with E-state index in [1.165, 1.54) is 10.4 Å². The Morgan fingerprint density at radius 2 is 1.49 bits per heavy atom. The third kappa shape index (κ3) is 7.59. The molecule has 47 heavy (non-hydrogen) atoms. The Morgan fingerprint density at radius 3 is 2.02 bits per heavy atom. The summed E-state index contributed by atoms with van der Waals surface area (Å²) in [5, 5.41) is 2.54. The van der Waals surface area contributed by atoms with Crippen molar-refractivity contribution in [3.8, 4) is 0 Å². The Kier molecular flexibility index (Phi) is 11.4. The van der Waals surface area contributed by atoms with Gasteiger partial charge in [-0.25, -0.2) is 0 Å². The van der Waals surface area contributed by atoms with Crippen molar-refractivity contribution in [3.05, 3.63) is 60.7 Å². The van der Waals surface area contributed by atoms with E-state index in [1.807, 2.05) is 0 Å². The Morgan fingerprint density at radius 1 is 0.894 bits per heavy atom. The summed E-state index contributed by atoms with van der Waals surface area (Å²) in [4.78, 5) is 12.1. The number of aldehydes is 1. The second kappa shape index (κ2) is 14.7. The number of carbonyl (C=O) groups excluding carboxylic acids is 1. The van der Waals surface area contributed by atoms with E-state index >= 15 is 0 Å². The summed E-state index contributed by atoms with van der Waals surface area (Å²) in [6, 6.07) is 24.8. The summed E-state index contributed by atoms with van der Waals surface area (Å²) in [5.41, 5.74) is -0.401. The number of carbonyl (C=O) groups is 1. The topological polar surface area (TPSA) is 66.5 Å². The minimum Gasteiger partial charge on any atom is -0.407 e. The molecule has 7 atom stereocenters. The molecule has 1 unspecified atom stereocenters. The normalized spacial score (nSPS) is 29.5. The molecule has 3 aliphatic heterocycles. The van der Waals surface area contributed by atoms with Gasteiger partial charge in [-0.1, -0.05) is 109 Å². The first-order valence-electron chi connectivity index (χ1n) is 18.3. The predicted molar refractivity (Wildman–Crippen MR) is 194 cm³/mol. The Hall–Kier alpha value is -1.66. The van der Waals surface area contributed by atoms with Crippen molar-refractivity contribution in [3.63, 3.8) is 0 Å². The van der Waals surface area contributed by atoms with Crippen LogP contribution < -0.4 is 10.4 Å². The second-order valence-corrected chi connectivity index (χ2v) is 24.7. The van der Waals surface area contributed by atoms with E-state index < -0.39 is 34.1 Å². The van der Waals surface area contributed by atoms with Crippen molar-refractivity contribution < 1.29 is 27.9 Å². The van der Waals surface area contributed by atoms with Gasteiger partial charge in [-0.15, -0.1) is 0 Å². The molecule has 0 saturated carbocycles. The third-order valence-electron chi connectivity index (χ3n) is 11.6. The van der Waals surface area contributed by atoms with Gasteiger partial charge in [0.1, 0.15) is 18.5 Å². The van der Waals surface area contributed by atoms with Gasteiger partial charge in [0.2, 0.25) is 0 Å². The van der Waals surface area contributed by atoms with Gasteiger partial charge >= 0.3 is 0 Å². The standard InChI is InChI=1S/C39H60O6Si2/c1-9-46(10-2,11-3)45-31(28-40)27-38(8)36(44-38)35-24-26-39(43-35)25-18-23-34(42-39)30(4)29-41-47(37(5,6)7,32-19-14-12-15-20-32)33-21-16-13-17-22-33/h12-17,19-22,28,30-31,34-36H,9-11,18,23-27,29H2,1-8H3/t30-,31?,34-,35-,36-,38-,39-/m0/s1. The molecule has 0 N–H and O–H groups in total. The van der Waals surface area contributed by atoms with E-state index in [0.29, 0.717) is 13.0 Å². The summed E-state index contributed by atoms with van der Waals surface area (Å²) in [6.45, 7) is 18.6. The summed E-state index contributed by atoms with van der Waals surface area (Å²) < 4.78 is 33.9. The molecule has 0 bridgehead atoms. The fraction of sp³-hybridized carbons (Fsp3) is 0.667. The number of epoxide rings is 1. The quantitative estimate of drug-likeness (QED) is 0.109. The molecular weight excluding hydrogens is 621 g/mol. The maximum absolute atomic E-state index is 12.1. The monoisotopic (exact) mass is 680 g/mol. The highest BCUT2D eigenvalue weighted by Crippen LogP contribution is 2.51. The lowest BCUT2D eigenvalue weighted by atomic mass is 9.92. The van der Waals surface area contributed by atoms with Gasteiger partial charge in [-0.05, 0) is 59.7 Å². The van der Waals surface area contributed by atoms with Crippen LogP contribution in [0.15, 0.2) is 60.7 Å². The molecule has 3 fully saturated rings. The molecule has 2 aromatic rings. The lowest BCUT2D eigenvalue weighted by Gasteiger charge is -2.45. The van der Waals surface area contributed by atoms with Crippen molar-refractivity contribution in [2.45, 2.75) is 153 Å². The zero-order valence-corrected chi connectivity index (χ0v) is 32.3. The highest BCUT2D eigenvalue weighted by molar-refractivity contribution is 6.99. The van der Waals surface area contributed by atoms with Crippen LogP contribution in [0.2, 0.25) is 23.2 Å². The number of ether oxygens (including phenoxy) is 3. The molecular formula is C39H60O6Si2. The molecule has 260 valence electrons. The summed E-state index contributed by atoms with van der Waals surface area (Å²) in [6.07, 6.45) is 5.93. The Labute approximate surface area is 286 Å². The van der Waals surface area contributed by atoms with Crippen molar-refractivity contribution in [2.75, 3.05) is 6.61 Å². The minimum absolute atomic E-state index is 0.0276. The van der Waals surface area contributed by atoms with E-state index in [-0.39, 0.29) is 29.3 Å². The van der Waals surface area contributed by atoms with Crippen molar-refractivity contribution in [2.24, 2.45) is 5.92 Å². The number of benzene rings is 2. The molecule has 1 spiro atoms. The van der Waals surface area contributed by atoms with Crippen LogP contribution in [0.25, 0.3) is 0 Å². The molecule has 3 aliphatic rings. The minimum atomic E-state index is -2.62. The summed E-state index contributed by atoms with van der Waals surface area (Å²) >= 11 is 0. The van der Waals surface area contributed by atoms with Crippen LogP contribution >= 0.6 is 0 Å². The van der Waals surface area contributed by atoms with Gasteiger partial charge in [0, 0.05) is 31.8 Å². The van der Waals surface area contributed by atoms with Crippen LogP contribution in [-0.4, -0.2) is 65.3 Å².